The van der Waals surface area contributed by atoms with E-state index >= 15 is 0 Å². The van der Waals surface area contributed by atoms with Crippen LogP contribution in [0.25, 0.3) is 22.3 Å². The van der Waals surface area contributed by atoms with E-state index in [-0.39, 0.29) is 11.5 Å². The molecule has 2 nitrogen and oxygen atoms in total. The van der Waals surface area contributed by atoms with Gasteiger partial charge in [0, 0.05) is 0 Å². The van der Waals surface area contributed by atoms with Crippen LogP contribution in [0, 0.1) is 0 Å². The zero-order valence-corrected chi connectivity index (χ0v) is 16.8. The second-order valence-electron chi connectivity index (χ2n) is 4.67. The molecule has 3 rings (SSSR count). The molecule has 0 amide bonds. The Labute approximate surface area is 158 Å². The van der Waals surface area contributed by atoms with Crippen molar-refractivity contribution >= 4 is 0 Å². The summed E-state index contributed by atoms with van der Waals surface area (Å²) in [5, 5.41) is 18.7. The Bertz CT molecular complexity index is 653. The summed E-state index contributed by atoms with van der Waals surface area (Å²) in [5.74, 6) is 0.534. The van der Waals surface area contributed by atoms with Crippen molar-refractivity contribution in [3.8, 4) is 33.8 Å². The van der Waals surface area contributed by atoms with Crippen LogP contribution in [-0.4, -0.2) is 10.2 Å². The summed E-state index contributed by atoms with van der Waals surface area (Å²) < 4.78 is 0. The van der Waals surface area contributed by atoms with Gasteiger partial charge in [-0.15, -0.1) is 0 Å². The van der Waals surface area contributed by atoms with Crippen LogP contribution in [0.15, 0.2) is 72.8 Å². The van der Waals surface area contributed by atoms with Crippen LogP contribution in [0.1, 0.15) is 41.5 Å². The summed E-state index contributed by atoms with van der Waals surface area (Å²) in [6.07, 6.45) is 0. The molecule has 0 fully saturated rings. The van der Waals surface area contributed by atoms with Gasteiger partial charge in [0.2, 0.25) is 0 Å². The zero-order valence-electron chi connectivity index (χ0n) is 16.8. The van der Waals surface area contributed by atoms with Gasteiger partial charge in [0.05, 0.1) is 0 Å². The van der Waals surface area contributed by atoms with Gasteiger partial charge >= 0.3 is 0 Å². The third-order valence-electron chi connectivity index (χ3n) is 3.26. The van der Waals surface area contributed by atoms with Gasteiger partial charge in [-0.1, -0.05) is 84.0 Å². The molecule has 0 saturated carbocycles. The average molecular weight is 353 g/mol. The van der Waals surface area contributed by atoms with Gasteiger partial charge < -0.3 is 10.2 Å². The van der Waals surface area contributed by atoms with Crippen molar-refractivity contribution in [1.29, 1.82) is 0 Å². The first-order chi connectivity index (χ1) is 12.7. The zero-order chi connectivity index (χ0) is 19.9. The Morgan fingerprint density at radius 1 is 0.423 bits per heavy atom. The molecule has 0 unspecified atom stereocenters. The van der Waals surface area contributed by atoms with Crippen molar-refractivity contribution in [2.45, 2.75) is 41.5 Å². The van der Waals surface area contributed by atoms with Crippen molar-refractivity contribution in [3.63, 3.8) is 0 Å². The minimum absolute atomic E-state index is 0.267. The first kappa shape index (κ1) is 23.3. The largest absolute Gasteiger partial charge is 0.508 e. The molecule has 0 aromatic heterocycles. The lowest BCUT2D eigenvalue weighted by Crippen LogP contribution is -1.81. The molecule has 0 aliphatic rings. The van der Waals surface area contributed by atoms with Crippen LogP contribution in [0.3, 0.4) is 0 Å². The molecule has 0 atom stereocenters. The minimum atomic E-state index is 0.267. The lowest BCUT2D eigenvalue weighted by molar-refractivity contribution is 0.475. The summed E-state index contributed by atoms with van der Waals surface area (Å²) in [5.41, 5.74) is 4.30. The number of aromatic hydroxyl groups is 2. The van der Waals surface area contributed by atoms with Crippen molar-refractivity contribution in [2.24, 2.45) is 0 Å². The predicted octanol–water partition coefficient (Wildman–Crippen LogP) is 7.51. The molecule has 2 N–H and O–H groups in total. The normalized spacial score (nSPS) is 8.69. The maximum Gasteiger partial charge on any atom is 0.115 e. The molecule has 0 aliphatic heterocycles. The maximum atomic E-state index is 9.34. The molecule has 3 aromatic carbocycles. The first-order valence-corrected chi connectivity index (χ1v) is 9.41. The summed E-state index contributed by atoms with van der Waals surface area (Å²) in [6, 6.07) is 22.5. The standard InChI is InChI=1S/C18H14O2.3C2H6/c19-17-8-4-13(5-9-17)15-2-1-3-16(12-15)14-6-10-18(20)11-7-14;3*1-2/h1-12,19-20H;3*1-2H3. The van der Waals surface area contributed by atoms with E-state index in [1.807, 2.05) is 84.0 Å². The van der Waals surface area contributed by atoms with Crippen molar-refractivity contribution in [2.75, 3.05) is 0 Å². The molecule has 0 spiro atoms. The van der Waals surface area contributed by atoms with Crippen molar-refractivity contribution < 1.29 is 10.2 Å². The highest BCUT2D eigenvalue weighted by molar-refractivity contribution is 5.73. The van der Waals surface area contributed by atoms with E-state index in [9.17, 15) is 10.2 Å². The van der Waals surface area contributed by atoms with Crippen LogP contribution < -0.4 is 0 Å². The summed E-state index contributed by atoms with van der Waals surface area (Å²) in [6.45, 7) is 12.0. The van der Waals surface area contributed by atoms with E-state index in [1.165, 1.54) is 0 Å². The van der Waals surface area contributed by atoms with Gasteiger partial charge in [0.15, 0.2) is 0 Å². The average Bonchev–Trinajstić information content (AvgIpc) is 2.74. The molecular formula is C24H32O2. The quantitative estimate of drug-likeness (QED) is 0.501. The number of phenolic OH excluding ortho intramolecular Hbond substituents is 2. The molecule has 3 aromatic rings. The number of rotatable bonds is 2. The highest BCUT2D eigenvalue weighted by Crippen LogP contribution is 2.28. The lowest BCUT2D eigenvalue weighted by Gasteiger charge is -2.06. The molecule has 0 radical (unpaired) electrons. The number of hydrogen-bond acceptors (Lipinski definition) is 2. The fraction of sp³-hybridized carbons (Fsp3) is 0.250. The molecule has 0 aliphatic carbocycles. The Morgan fingerprint density at radius 2 is 0.731 bits per heavy atom. The molecule has 140 valence electrons. The second kappa shape index (κ2) is 13.5. The molecule has 0 bridgehead atoms. The number of benzene rings is 3. The van der Waals surface area contributed by atoms with Crippen molar-refractivity contribution in [1.82, 2.24) is 0 Å². The van der Waals surface area contributed by atoms with Gasteiger partial charge in [-0.3, -0.25) is 0 Å². The predicted molar refractivity (Wildman–Crippen MR) is 115 cm³/mol. The summed E-state index contributed by atoms with van der Waals surface area (Å²) in [4.78, 5) is 0. The SMILES string of the molecule is CC.CC.CC.Oc1ccc(-c2cccc(-c3ccc(O)cc3)c2)cc1. The fourth-order valence-electron chi connectivity index (χ4n) is 2.19. The molecule has 0 heterocycles. The molecule has 2 heteroatoms. The molecule has 0 saturated heterocycles. The van der Waals surface area contributed by atoms with Crippen molar-refractivity contribution in [3.05, 3.63) is 72.8 Å². The Kier molecular flexibility index (Phi) is 12.1. The summed E-state index contributed by atoms with van der Waals surface area (Å²) in [7, 11) is 0. The third-order valence-corrected chi connectivity index (χ3v) is 3.26. The smallest absolute Gasteiger partial charge is 0.115 e. The maximum absolute atomic E-state index is 9.34. The Balaban J connectivity index is 0.000000948. The number of hydrogen-bond donors (Lipinski definition) is 2. The van der Waals surface area contributed by atoms with E-state index in [2.05, 4.69) is 6.07 Å². The Hall–Kier alpha value is -2.74. The van der Waals surface area contributed by atoms with E-state index in [4.69, 9.17) is 0 Å². The van der Waals surface area contributed by atoms with Gasteiger partial charge in [0.1, 0.15) is 11.5 Å². The fourth-order valence-corrected chi connectivity index (χ4v) is 2.19. The summed E-state index contributed by atoms with van der Waals surface area (Å²) >= 11 is 0. The van der Waals surface area contributed by atoms with E-state index < -0.39 is 0 Å². The second-order valence-corrected chi connectivity index (χ2v) is 4.67. The van der Waals surface area contributed by atoms with Gasteiger partial charge in [-0.25, -0.2) is 0 Å². The molecule has 26 heavy (non-hydrogen) atoms. The van der Waals surface area contributed by atoms with Gasteiger partial charge in [-0.2, -0.15) is 0 Å². The van der Waals surface area contributed by atoms with Crippen LogP contribution in [0.4, 0.5) is 0 Å². The first-order valence-electron chi connectivity index (χ1n) is 9.41. The van der Waals surface area contributed by atoms with E-state index in [1.54, 1.807) is 24.3 Å². The van der Waals surface area contributed by atoms with Crippen LogP contribution in [-0.2, 0) is 0 Å². The highest BCUT2D eigenvalue weighted by Gasteiger charge is 2.02. The lowest BCUT2D eigenvalue weighted by atomic mass is 9.99. The van der Waals surface area contributed by atoms with Crippen LogP contribution >= 0.6 is 0 Å². The van der Waals surface area contributed by atoms with Gasteiger partial charge in [-0.05, 0) is 52.6 Å². The van der Waals surface area contributed by atoms with Crippen LogP contribution in [0.2, 0.25) is 0 Å². The molecular weight excluding hydrogens is 320 g/mol. The third kappa shape index (κ3) is 7.02. The van der Waals surface area contributed by atoms with Gasteiger partial charge in [0.25, 0.3) is 0 Å². The number of phenols is 2. The Morgan fingerprint density at radius 3 is 1.04 bits per heavy atom. The highest BCUT2D eigenvalue weighted by atomic mass is 16.3. The monoisotopic (exact) mass is 352 g/mol. The van der Waals surface area contributed by atoms with Crippen LogP contribution in [0.5, 0.6) is 11.5 Å². The topological polar surface area (TPSA) is 40.5 Å². The van der Waals surface area contributed by atoms with E-state index in [0.29, 0.717) is 0 Å². The minimum Gasteiger partial charge on any atom is -0.508 e. The van der Waals surface area contributed by atoms with E-state index in [0.717, 1.165) is 22.3 Å².